The summed E-state index contributed by atoms with van der Waals surface area (Å²) in [5.41, 5.74) is -0.169. The Morgan fingerprint density at radius 1 is 0.919 bits per heavy atom. The Hall–Kier alpha value is -3.75. The highest BCUT2D eigenvalue weighted by Gasteiger charge is 2.46. The smallest absolute Gasteiger partial charge is 0.416 e. The Morgan fingerprint density at radius 2 is 1.54 bits per heavy atom. The minimum atomic E-state index is -4.77. The fraction of sp³-hybridized carbons (Fsp3) is 0.357. The van der Waals surface area contributed by atoms with Crippen LogP contribution in [0.4, 0.5) is 13.2 Å². The molecular formula is C28H28F3NO5. The molecule has 0 fully saturated rings. The van der Waals surface area contributed by atoms with Crippen LogP contribution in [0, 0.1) is 12.8 Å². The number of benzene rings is 2. The Morgan fingerprint density at radius 3 is 2.14 bits per heavy atom. The number of hydrogen-bond donors (Lipinski definition) is 0. The third-order valence-corrected chi connectivity index (χ3v) is 6.06. The van der Waals surface area contributed by atoms with Crippen LogP contribution in [0.1, 0.15) is 60.2 Å². The lowest BCUT2D eigenvalue weighted by Crippen LogP contribution is -2.38. The van der Waals surface area contributed by atoms with Gasteiger partial charge in [-0.2, -0.15) is 13.2 Å². The van der Waals surface area contributed by atoms with Crippen LogP contribution in [0.25, 0.3) is 0 Å². The van der Waals surface area contributed by atoms with Crippen molar-refractivity contribution in [2.45, 2.75) is 46.2 Å². The lowest BCUT2D eigenvalue weighted by molar-refractivity contribution is -0.147. The first-order valence-electron chi connectivity index (χ1n) is 11.9. The van der Waals surface area contributed by atoms with Crippen molar-refractivity contribution in [3.8, 4) is 0 Å². The van der Waals surface area contributed by atoms with E-state index in [0.717, 1.165) is 11.6 Å². The molecule has 6 nitrogen and oxygen atoms in total. The van der Waals surface area contributed by atoms with Crippen molar-refractivity contribution in [3.05, 3.63) is 82.1 Å². The average molecular weight is 516 g/mol. The van der Waals surface area contributed by atoms with Crippen molar-refractivity contribution in [2.24, 2.45) is 10.9 Å². The molecule has 1 unspecified atom stereocenters. The van der Waals surface area contributed by atoms with Crippen LogP contribution >= 0.6 is 0 Å². The summed E-state index contributed by atoms with van der Waals surface area (Å²) in [7, 11) is 0. The van der Waals surface area contributed by atoms with E-state index in [9.17, 15) is 27.6 Å². The van der Waals surface area contributed by atoms with Gasteiger partial charge in [-0.1, -0.05) is 48.0 Å². The van der Waals surface area contributed by atoms with E-state index in [0.29, 0.717) is 5.56 Å². The number of nitrogens with zero attached hydrogens (tertiary/aromatic N) is 1. The highest BCUT2D eigenvalue weighted by molar-refractivity contribution is 6.08. The van der Waals surface area contributed by atoms with Crippen LogP contribution in [0.5, 0.6) is 0 Å². The molecule has 1 aliphatic rings. The summed E-state index contributed by atoms with van der Waals surface area (Å²) < 4.78 is 52.6. The molecular weight excluding hydrogens is 487 g/mol. The summed E-state index contributed by atoms with van der Waals surface area (Å²) in [5, 5.41) is 0. The first kappa shape index (κ1) is 27.8. The number of ether oxygens (including phenoxy) is 2. The quantitative estimate of drug-likeness (QED) is 0.326. The number of rotatable bonds is 8. The first-order chi connectivity index (χ1) is 17.5. The van der Waals surface area contributed by atoms with Crippen molar-refractivity contribution in [1.82, 2.24) is 0 Å². The van der Waals surface area contributed by atoms with E-state index < -0.39 is 35.5 Å². The fourth-order valence-electron chi connectivity index (χ4n) is 4.41. The third kappa shape index (κ3) is 6.15. The number of esters is 2. The minimum absolute atomic E-state index is 0.0204. The Balaban J connectivity index is 2.27. The van der Waals surface area contributed by atoms with Gasteiger partial charge in [0.15, 0.2) is 5.78 Å². The van der Waals surface area contributed by atoms with Crippen LogP contribution in [-0.2, 0) is 25.2 Å². The molecule has 37 heavy (non-hydrogen) atoms. The lowest BCUT2D eigenvalue weighted by atomic mass is 9.73. The van der Waals surface area contributed by atoms with Crippen LogP contribution < -0.4 is 0 Å². The molecule has 196 valence electrons. The molecule has 3 rings (SSSR count). The van der Waals surface area contributed by atoms with Gasteiger partial charge in [-0.15, -0.1) is 0 Å². The highest BCUT2D eigenvalue weighted by atomic mass is 19.4. The normalized spacial score (nSPS) is 17.8. The SMILES string of the molecule is CCOC(=O)C1=C(CC(=O)c2ccc(C)cc2)N=C(C)C(C(=O)OCC)[C@@H]1c1ccccc1C(F)(F)F. The standard InChI is InChI=1S/C28H28F3NO5/c1-5-36-26(34)23-17(4)32-21(15-22(33)18-13-11-16(3)12-14-18)25(27(35)37-6-2)24(23)19-9-7-8-10-20(19)28(29,30)31/h7-14,23-24H,5-6,15H2,1-4H3/t23?,24-/m0/s1. The maximum Gasteiger partial charge on any atom is 0.416 e. The number of aryl methyl sites for hydroxylation is 1. The van der Waals surface area contributed by atoms with E-state index in [4.69, 9.17) is 9.47 Å². The summed E-state index contributed by atoms with van der Waals surface area (Å²) in [6.07, 6.45) is -5.13. The lowest BCUT2D eigenvalue weighted by Gasteiger charge is -2.33. The van der Waals surface area contributed by atoms with E-state index >= 15 is 0 Å². The summed E-state index contributed by atoms with van der Waals surface area (Å²) in [5.74, 6) is -4.89. The fourth-order valence-corrected chi connectivity index (χ4v) is 4.41. The second kappa shape index (κ2) is 11.5. The number of aliphatic imine (C=N–C) groups is 1. The van der Waals surface area contributed by atoms with Gasteiger partial charge in [-0.25, -0.2) is 4.79 Å². The van der Waals surface area contributed by atoms with Crippen LogP contribution in [0.15, 0.2) is 64.8 Å². The average Bonchev–Trinajstić information content (AvgIpc) is 2.83. The van der Waals surface area contributed by atoms with Gasteiger partial charge in [0.1, 0.15) is 5.92 Å². The molecule has 1 heterocycles. The summed E-state index contributed by atoms with van der Waals surface area (Å²) in [6, 6.07) is 11.5. The molecule has 1 aliphatic heterocycles. The Bertz CT molecular complexity index is 1250. The van der Waals surface area contributed by atoms with E-state index in [1.807, 2.05) is 6.92 Å². The van der Waals surface area contributed by atoms with E-state index in [1.54, 1.807) is 38.1 Å². The molecule has 0 bridgehead atoms. The zero-order valence-corrected chi connectivity index (χ0v) is 21.0. The predicted molar refractivity (Wildman–Crippen MR) is 131 cm³/mol. The molecule has 0 saturated carbocycles. The van der Waals surface area contributed by atoms with E-state index in [1.165, 1.54) is 25.1 Å². The van der Waals surface area contributed by atoms with Gasteiger partial charge in [0.05, 0.1) is 36.5 Å². The number of alkyl halides is 3. The van der Waals surface area contributed by atoms with Gasteiger partial charge in [0.2, 0.25) is 0 Å². The maximum absolute atomic E-state index is 14.1. The largest absolute Gasteiger partial charge is 0.465 e. The molecule has 0 aromatic heterocycles. The number of allylic oxidation sites excluding steroid dienone is 1. The van der Waals surface area contributed by atoms with E-state index in [-0.39, 0.29) is 48.0 Å². The predicted octanol–water partition coefficient (Wildman–Crippen LogP) is 5.84. The maximum atomic E-state index is 14.1. The van der Waals surface area contributed by atoms with Crippen LogP contribution in [0.2, 0.25) is 0 Å². The molecule has 0 aliphatic carbocycles. The van der Waals surface area contributed by atoms with Crippen molar-refractivity contribution in [2.75, 3.05) is 13.2 Å². The molecule has 9 heteroatoms. The van der Waals surface area contributed by atoms with Gasteiger partial charge in [0.25, 0.3) is 0 Å². The number of Topliss-reactive ketones (excluding diaryl/α,β-unsaturated/α-hetero) is 1. The van der Waals surface area contributed by atoms with Gasteiger partial charge in [-0.3, -0.25) is 14.6 Å². The third-order valence-electron chi connectivity index (χ3n) is 6.06. The molecule has 0 amide bonds. The van der Waals surface area contributed by atoms with Gasteiger partial charge < -0.3 is 9.47 Å². The summed E-state index contributed by atoms with van der Waals surface area (Å²) >= 11 is 0. The molecule has 0 radical (unpaired) electrons. The second-order valence-corrected chi connectivity index (χ2v) is 8.59. The second-order valence-electron chi connectivity index (χ2n) is 8.59. The monoisotopic (exact) mass is 515 g/mol. The highest BCUT2D eigenvalue weighted by Crippen LogP contribution is 2.45. The summed E-state index contributed by atoms with van der Waals surface area (Å²) in [4.78, 5) is 43.8. The zero-order chi connectivity index (χ0) is 27.3. The zero-order valence-electron chi connectivity index (χ0n) is 21.0. The van der Waals surface area contributed by atoms with Crippen molar-refractivity contribution in [1.29, 1.82) is 0 Å². The molecule has 0 spiro atoms. The molecule has 2 aromatic rings. The molecule has 0 saturated heterocycles. The van der Waals surface area contributed by atoms with Gasteiger partial charge in [-0.05, 0) is 39.3 Å². The Labute approximate surface area is 213 Å². The van der Waals surface area contributed by atoms with Crippen molar-refractivity contribution < 1.29 is 37.0 Å². The number of carbonyl (C=O) groups is 3. The van der Waals surface area contributed by atoms with Crippen LogP contribution in [0.3, 0.4) is 0 Å². The molecule has 2 atom stereocenters. The van der Waals surface area contributed by atoms with Crippen LogP contribution in [-0.4, -0.2) is 36.6 Å². The number of ketones is 1. The number of hydrogen-bond acceptors (Lipinski definition) is 6. The topological polar surface area (TPSA) is 82.0 Å². The first-order valence-corrected chi connectivity index (χ1v) is 11.9. The Kier molecular flexibility index (Phi) is 8.68. The van der Waals surface area contributed by atoms with Crippen molar-refractivity contribution >= 4 is 23.4 Å². The number of halogens is 3. The van der Waals surface area contributed by atoms with Gasteiger partial charge in [0, 0.05) is 17.2 Å². The van der Waals surface area contributed by atoms with E-state index in [2.05, 4.69) is 4.99 Å². The van der Waals surface area contributed by atoms with Gasteiger partial charge >= 0.3 is 18.1 Å². The number of carbonyl (C=O) groups excluding carboxylic acids is 3. The molecule has 2 aromatic carbocycles. The summed E-state index contributed by atoms with van der Waals surface area (Å²) in [6.45, 7) is 6.37. The minimum Gasteiger partial charge on any atom is -0.465 e. The van der Waals surface area contributed by atoms with Crippen molar-refractivity contribution in [3.63, 3.8) is 0 Å². The molecule has 0 N–H and O–H groups in total.